The molecule has 2 aliphatic rings. The molecule has 0 saturated heterocycles. The van der Waals surface area contributed by atoms with E-state index in [1.807, 2.05) is 83.9 Å². The largest absolute Gasteiger partial charge is 0.354 e. The predicted molar refractivity (Wildman–Crippen MR) is 287 cm³/mol. The van der Waals surface area contributed by atoms with Gasteiger partial charge in [-0.2, -0.15) is 0 Å². The molecule has 0 saturated carbocycles. The molecular formula is C60H49N10O3+3. The lowest BCUT2D eigenvalue weighted by atomic mass is 10.0. The van der Waals surface area contributed by atoms with E-state index >= 15 is 0 Å². The molecule has 3 amide bonds. The maximum atomic E-state index is 13.6. The number of hydrogen-bond acceptors (Lipinski definition) is 5. The van der Waals surface area contributed by atoms with Gasteiger partial charge in [0.1, 0.15) is 21.1 Å². The van der Waals surface area contributed by atoms with E-state index in [0.717, 1.165) is 89.4 Å². The Bertz CT molecular complexity index is 3830. The van der Waals surface area contributed by atoms with Crippen molar-refractivity contribution >= 4 is 81.2 Å². The third kappa shape index (κ3) is 9.45. The Morgan fingerprint density at radius 1 is 0.370 bits per heavy atom. The number of nitrogens with zero attached hydrogens (tertiary/aromatic N) is 5. The molecule has 0 spiro atoms. The Labute approximate surface area is 420 Å². The Morgan fingerprint density at radius 3 is 0.945 bits per heavy atom. The molecule has 0 radical (unpaired) electrons. The van der Waals surface area contributed by atoms with Gasteiger partial charge < -0.3 is 25.9 Å². The van der Waals surface area contributed by atoms with Crippen molar-refractivity contribution in [3.8, 4) is 44.5 Å². The normalized spacial score (nSPS) is 11.6. The van der Waals surface area contributed by atoms with Crippen LogP contribution in [-0.4, -0.2) is 37.7 Å². The maximum Gasteiger partial charge on any atom is 0.255 e. The molecule has 5 N–H and O–H groups in total. The fraction of sp³-hybridized carbons (Fsp3) is 0.0667. The second kappa shape index (κ2) is 19.1. The summed E-state index contributed by atoms with van der Waals surface area (Å²) >= 11 is 0. The quantitative estimate of drug-likeness (QED) is 0.0911. The third-order valence-corrected chi connectivity index (χ3v) is 12.9. The third-order valence-electron chi connectivity index (χ3n) is 12.9. The Kier molecular flexibility index (Phi) is 11.9. The summed E-state index contributed by atoms with van der Waals surface area (Å²) in [5, 5.41) is 8.59. The standard InChI is InChI=1S/C60H46N10O3/c1-37(71)61-44-13-7-42(8-14-44)59(72)63-46-15-9-43(10-16-46)60(73)62-45-11-5-38(6-12-45)55-47-17-19-49(64-47)56(39-25-31-68(2)32-26-39)51-21-23-53(66-51)58(41-29-35-70(4)36-30-41)54-24-22-52(67-54)57(50-20-18-48(55)65-50)40-27-33-69(3)34-28-40/h5-36H,1-4H3,(H2-2,61,62,63,64,65,66,67,71,72,73)/p+3. The molecule has 73 heavy (non-hydrogen) atoms. The number of carbonyl (C=O) groups is 3. The monoisotopic (exact) mass is 957 g/mol. The highest BCUT2D eigenvalue weighted by Gasteiger charge is 2.20. The molecule has 0 fully saturated rings. The molecule has 6 aromatic heterocycles. The molecular weight excluding hydrogens is 909 g/mol. The van der Waals surface area contributed by atoms with Gasteiger partial charge in [-0.05, 0) is 131 Å². The minimum absolute atomic E-state index is 0.193. The molecule has 13 nitrogen and oxygen atoms in total. The number of nitrogens with one attached hydrogen (secondary N) is 5. The summed E-state index contributed by atoms with van der Waals surface area (Å²) in [6, 6.07) is 42.2. The summed E-state index contributed by atoms with van der Waals surface area (Å²) in [5.41, 5.74) is 17.0. The van der Waals surface area contributed by atoms with E-state index in [-0.39, 0.29) is 17.7 Å². The van der Waals surface area contributed by atoms with Crippen LogP contribution < -0.4 is 29.7 Å². The zero-order valence-corrected chi connectivity index (χ0v) is 40.4. The average Bonchev–Trinajstić information content (AvgIpc) is 4.25. The van der Waals surface area contributed by atoms with E-state index < -0.39 is 0 Å². The van der Waals surface area contributed by atoms with Gasteiger partial charge in [-0.15, -0.1) is 0 Å². The maximum absolute atomic E-state index is 13.6. The summed E-state index contributed by atoms with van der Waals surface area (Å²) in [6.45, 7) is 1.43. The number of aromatic amines is 2. The molecule has 354 valence electrons. The van der Waals surface area contributed by atoms with Crippen LogP contribution in [-0.2, 0) is 25.9 Å². The van der Waals surface area contributed by atoms with Crippen LogP contribution in [0.2, 0.25) is 0 Å². The minimum atomic E-state index is -0.317. The van der Waals surface area contributed by atoms with Crippen LogP contribution in [0.4, 0.5) is 17.1 Å². The Balaban J connectivity index is 1.01. The first-order chi connectivity index (χ1) is 35.5. The van der Waals surface area contributed by atoms with E-state index in [2.05, 4.69) is 123 Å². The lowest BCUT2D eigenvalue weighted by Crippen LogP contribution is -2.25. The molecule has 9 aromatic rings. The van der Waals surface area contributed by atoms with Gasteiger partial charge in [-0.1, -0.05) is 12.1 Å². The van der Waals surface area contributed by atoms with Crippen LogP contribution in [0.5, 0.6) is 0 Å². The first-order valence-corrected chi connectivity index (χ1v) is 23.7. The SMILES string of the molecule is CC(=O)Nc1ccc(C(=O)Nc2ccc(C(=O)Nc3ccc(-c4c5nc(c(-c6cc[n+](C)cc6)c6ccc([nH]6)c(-c6cc[n+](C)cc6)c6nc(c(-c7cc[n+](C)cc7)c7ccc4[nH]7)C=C6)C=C5)cc3)cc2)cc1. The number of pyridine rings is 3. The molecule has 8 heterocycles. The van der Waals surface area contributed by atoms with E-state index in [1.165, 1.54) is 6.92 Å². The lowest BCUT2D eigenvalue weighted by Gasteiger charge is -2.10. The van der Waals surface area contributed by atoms with Crippen molar-refractivity contribution in [3.05, 3.63) is 205 Å². The van der Waals surface area contributed by atoms with E-state index in [4.69, 9.17) is 9.97 Å². The van der Waals surface area contributed by atoms with Crippen LogP contribution in [0.25, 0.3) is 90.9 Å². The molecule has 3 aromatic carbocycles. The highest BCUT2D eigenvalue weighted by atomic mass is 16.2. The molecule has 0 atom stereocenters. The molecule has 0 aliphatic carbocycles. The van der Waals surface area contributed by atoms with Gasteiger partial charge in [0, 0.05) is 116 Å². The van der Waals surface area contributed by atoms with Crippen molar-refractivity contribution in [2.24, 2.45) is 21.1 Å². The number of rotatable bonds is 9. The number of amides is 3. The van der Waals surface area contributed by atoms with Crippen molar-refractivity contribution in [3.63, 3.8) is 0 Å². The Hall–Kier alpha value is -9.88. The van der Waals surface area contributed by atoms with Crippen LogP contribution in [0.1, 0.15) is 50.4 Å². The molecule has 0 unspecified atom stereocenters. The molecule has 2 aliphatic heterocycles. The van der Waals surface area contributed by atoms with Crippen molar-refractivity contribution in [1.82, 2.24) is 19.9 Å². The van der Waals surface area contributed by atoms with Gasteiger partial charge in [-0.3, -0.25) is 14.4 Å². The smallest absolute Gasteiger partial charge is 0.255 e. The highest BCUT2D eigenvalue weighted by Crippen LogP contribution is 2.38. The van der Waals surface area contributed by atoms with E-state index in [1.54, 1.807) is 48.5 Å². The number of aryl methyl sites for hydroxylation is 3. The minimum Gasteiger partial charge on any atom is -0.354 e. The van der Waals surface area contributed by atoms with Gasteiger partial charge in [0.2, 0.25) is 5.91 Å². The predicted octanol–water partition coefficient (Wildman–Crippen LogP) is 10.3. The first-order valence-electron chi connectivity index (χ1n) is 23.7. The number of hydrogen-bond donors (Lipinski definition) is 5. The van der Waals surface area contributed by atoms with Crippen LogP contribution in [0, 0.1) is 0 Å². The number of carbonyl (C=O) groups excluding carboxylic acids is 3. The zero-order chi connectivity index (χ0) is 50.2. The summed E-state index contributed by atoms with van der Waals surface area (Å²) < 4.78 is 6.06. The van der Waals surface area contributed by atoms with Gasteiger partial charge >= 0.3 is 0 Å². The van der Waals surface area contributed by atoms with Gasteiger partial charge in [0.05, 0.1) is 22.8 Å². The van der Waals surface area contributed by atoms with Crippen LogP contribution >= 0.6 is 0 Å². The Morgan fingerprint density at radius 2 is 0.644 bits per heavy atom. The fourth-order valence-corrected chi connectivity index (χ4v) is 9.16. The van der Waals surface area contributed by atoms with Gasteiger partial charge in [-0.25, -0.2) is 23.7 Å². The van der Waals surface area contributed by atoms with E-state index in [0.29, 0.717) is 28.2 Å². The van der Waals surface area contributed by atoms with Crippen molar-refractivity contribution in [2.45, 2.75) is 6.92 Å². The highest BCUT2D eigenvalue weighted by molar-refractivity contribution is 6.07. The van der Waals surface area contributed by atoms with Gasteiger partial charge in [0.25, 0.3) is 11.8 Å². The summed E-state index contributed by atoms with van der Waals surface area (Å²) in [7, 11) is 6.03. The number of H-pyrrole nitrogens is 2. The summed E-state index contributed by atoms with van der Waals surface area (Å²) in [5.74, 6) is -0.814. The number of aromatic nitrogens is 7. The second-order valence-electron chi connectivity index (χ2n) is 18.1. The average molecular weight is 958 g/mol. The van der Waals surface area contributed by atoms with Crippen molar-refractivity contribution in [2.75, 3.05) is 16.0 Å². The molecule has 11 rings (SSSR count). The van der Waals surface area contributed by atoms with Crippen LogP contribution in [0.15, 0.2) is 171 Å². The van der Waals surface area contributed by atoms with Gasteiger partial charge in [0.15, 0.2) is 37.2 Å². The summed E-state index contributed by atoms with van der Waals surface area (Å²) in [6.07, 6.45) is 20.6. The molecule has 8 bridgehead atoms. The number of benzene rings is 3. The topological polar surface area (TPSA) is 156 Å². The van der Waals surface area contributed by atoms with Crippen molar-refractivity contribution < 1.29 is 28.1 Å². The van der Waals surface area contributed by atoms with Crippen molar-refractivity contribution in [1.29, 1.82) is 0 Å². The fourth-order valence-electron chi connectivity index (χ4n) is 9.16. The first kappa shape index (κ1) is 45.6. The molecule has 13 heteroatoms. The van der Waals surface area contributed by atoms with Crippen LogP contribution in [0.3, 0.4) is 0 Å². The summed E-state index contributed by atoms with van der Waals surface area (Å²) in [4.78, 5) is 56.4. The second-order valence-corrected chi connectivity index (χ2v) is 18.1. The number of anilines is 3. The number of fused-ring (bicyclic) bond motifs is 8. The lowest BCUT2D eigenvalue weighted by molar-refractivity contribution is -0.671. The zero-order valence-electron chi connectivity index (χ0n) is 40.4. The van der Waals surface area contributed by atoms with E-state index in [9.17, 15) is 14.4 Å².